The molecule has 3 unspecified atom stereocenters. The maximum absolute atomic E-state index is 11.9. The van der Waals surface area contributed by atoms with E-state index in [-0.39, 0.29) is 5.92 Å². The minimum absolute atomic E-state index is 0.264. The van der Waals surface area contributed by atoms with Gasteiger partial charge in [-0.05, 0) is 64.6 Å². The van der Waals surface area contributed by atoms with Gasteiger partial charge >= 0.3 is 5.97 Å². The van der Waals surface area contributed by atoms with Crippen LogP contribution < -0.4 is 5.32 Å². The van der Waals surface area contributed by atoms with Crippen molar-refractivity contribution in [1.29, 1.82) is 0 Å². The Morgan fingerprint density at radius 3 is 2.67 bits per heavy atom. The predicted octanol–water partition coefficient (Wildman–Crippen LogP) is 3.12. The van der Waals surface area contributed by atoms with Gasteiger partial charge in [-0.3, -0.25) is 4.79 Å². The number of carboxylic acid groups (broad SMARTS) is 1. The third kappa shape index (κ3) is 4.43. The lowest BCUT2D eigenvalue weighted by Gasteiger charge is -2.35. The summed E-state index contributed by atoms with van der Waals surface area (Å²) in [5.41, 5.74) is -0.676. The van der Waals surface area contributed by atoms with Gasteiger partial charge in [-0.1, -0.05) is 27.2 Å². The number of nitrogens with one attached hydrogen (secondary N) is 1. The highest BCUT2D eigenvalue weighted by Gasteiger charge is 2.48. The molecule has 4 nitrogen and oxygen atoms in total. The molecule has 4 heteroatoms. The summed E-state index contributed by atoms with van der Waals surface area (Å²) in [6.07, 6.45) is 5.97. The van der Waals surface area contributed by atoms with E-state index < -0.39 is 11.5 Å². The zero-order valence-electron chi connectivity index (χ0n) is 14.3. The molecule has 3 atom stereocenters. The molecule has 0 spiro atoms. The largest absolute Gasteiger partial charge is 0.480 e. The number of carbonyl (C=O) groups is 1. The van der Waals surface area contributed by atoms with Gasteiger partial charge in [0.2, 0.25) is 0 Å². The van der Waals surface area contributed by atoms with Gasteiger partial charge in [-0.2, -0.15) is 0 Å². The highest BCUT2D eigenvalue weighted by molar-refractivity contribution is 5.79. The normalized spacial score (nSPS) is 27.2. The lowest BCUT2D eigenvalue weighted by Crippen LogP contribution is -2.55. The maximum atomic E-state index is 11.9. The first-order chi connectivity index (χ1) is 10.0. The molecule has 0 aliphatic heterocycles. The predicted molar refractivity (Wildman–Crippen MR) is 87.6 cm³/mol. The minimum atomic E-state index is -0.676. The van der Waals surface area contributed by atoms with Crippen molar-refractivity contribution in [2.75, 3.05) is 19.6 Å². The first-order valence-electron chi connectivity index (χ1n) is 8.74. The highest BCUT2D eigenvalue weighted by Crippen LogP contribution is 2.38. The van der Waals surface area contributed by atoms with E-state index in [1.807, 2.05) is 0 Å². The van der Waals surface area contributed by atoms with E-state index in [4.69, 9.17) is 0 Å². The summed E-state index contributed by atoms with van der Waals surface area (Å²) in [6, 6.07) is 0.583. The molecule has 0 aromatic rings. The second-order valence-corrected chi connectivity index (χ2v) is 6.47. The van der Waals surface area contributed by atoms with Gasteiger partial charge in [0.25, 0.3) is 0 Å². The summed E-state index contributed by atoms with van der Waals surface area (Å²) in [6.45, 7) is 11.6. The van der Waals surface area contributed by atoms with Crippen LogP contribution in [0.5, 0.6) is 0 Å². The second-order valence-electron chi connectivity index (χ2n) is 6.47. The molecule has 1 fully saturated rings. The van der Waals surface area contributed by atoms with Crippen LogP contribution in [-0.2, 0) is 4.79 Å². The zero-order valence-corrected chi connectivity index (χ0v) is 14.3. The van der Waals surface area contributed by atoms with Crippen molar-refractivity contribution >= 4 is 5.97 Å². The molecule has 2 N–H and O–H groups in total. The van der Waals surface area contributed by atoms with Crippen molar-refractivity contribution in [3.05, 3.63) is 0 Å². The van der Waals surface area contributed by atoms with Crippen LogP contribution in [0.4, 0.5) is 0 Å². The smallest absolute Gasteiger partial charge is 0.324 e. The van der Waals surface area contributed by atoms with E-state index >= 15 is 0 Å². The summed E-state index contributed by atoms with van der Waals surface area (Å²) < 4.78 is 0. The summed E-state index contributed by atoms with van der Waals surface area (Å²) >= 11 is 0. The molecule has 1 aliphatic rings. The van der Waals surface area contributed by atoms with Crippen LogP contribution in [-0.4, -0.2) is 47.2 Å². The number of hydrogen-bond acceptors (Lipinski definition) is 3. The van der Waals surface area contributed by atoms with Crippen molar-refractivity contribution in [2.45, 2.75) is 77.8 Å². The Morgan fingerprint density at radius 2 is 2.14 bits per heavy atom. The average molecular weight is 298 g/mol. The molecule has 124 valence electrons. The van der Waals surface area contributed by atoms with Crippen molar-refractivity contribution in [3.8, 4) is 0 Å². The van der Waals surface area contributed by atoms with E-state index in [1.54, 1.807) is 0 Å². The van der Waals surface area contributed by atoms with Gasteiger partial charge in [0.1, 0.15) is 5.54 Å². The standard InChI is InChI=1S/C17H34N2O2/c1-5-12-18-17(16(20)21)11-8-9-15(17)10-13-19(7-3)14(4)6-2/h14-15,18H,5-13H2,1-4H3,(H,20,21). The molecule has 0 saturated heterocycles. The van der Waals surface area contributed by atoms with Crippen LogP contribution in [0.25, 0.3) is 0 Å². The third-order valence-electron chi connectivity index (χ3n) is 5.28. The Labute approximate surface area is 130 Å². The topological polar surface area (TPSA) is 52.6 Å². The van der Waals surface area contributed by atoms with Gasteiger partial charge in [-0.25, -0.2) is 0 Å². The summed E-state index contributed by atoms with van der Waals surface area (Å²) in [5.74, 6) is -0.385. The molecule has 0 heterocycles. The quantitative estimate of drug-likeness (QED) is 0.650. The molecule has 0 bridgehead atoms. The molecule has 21 heavy (non-hydrogen) atoms. The van der Waals surface area contributed by atoms with Crippen LogP contribution in [0.1, 0.15) is 66.2 Å². The average Bonchev–Trinajstić information content (AvgIpc) is 2.89. The Bertz CT molecular complexity index is 322. The first kappa shape index (κ1) is 18.4. The van der Waals surface area contributed by atoms with Gasteiger partial charge in [0, 0.05) is 6.04 Å². The molecule has 0 aromatic heterocycles. The van der Waals surface area contributed by atoms with Gasteiger partial charge in [-0.15, -0.1) is 0 Å². The number of carboxylic acids is 1. The molecule has 0 amide bonds. The number of hydrogen-bond donors (Lipinski definition) is 2. The van der Waals surface area contributed by atoms with Crippen LogP contribution in [0.15, 0.2) is 0 Å². The maximum Gasteiger partial charge on any atom is 0.324 e. The highest BCUT2D eigenvalue weighted by atomic mass is 16.4. The van der Waals surface area contributed by atoms with Crippen LogP contribution >= 0.6 is 0 Å². The Morgan fingerprint density at radius 1 is 1.43 bits per heavy atom. The van der Waals surface area contributed by atoms with Gasteiger partial charge in [0.15, 0.2) is 0 Å². The molecule has 0 radical (unpaired) electrons. The van der Waals surface area contributed by atoms with Crippen LogP contribution in [0.3, 0.4) is 0 Å². The van der Waals surface area contributed by atoms with Crippen molar-refractivity contribution in [2.24, 2.45) is 5.92 Å². The monoisotopic (exact) mass is 298 g/mol. The number of rotatable bonds is 10. The summed E-state index contributed by atoms with van der Waals surface area (Å²) in [5, 5.41) is 13.1. The van der Waals surface area contributed by atoms with Crippen molar-refractivity contribution < 1.29 is 9.90 Å². The fraction of sp³-hybridized carbons (Fsp3) is 0.941. The van der Waals surface area contributed by atoms with E-state index in [9.17, 15) is 9.90 Å². The second kappa shape index (κ2) is 8.74. The van der Waals surface area contributed by atoms with E-state index in [0.717, 1.165) is 58.2 Å². The van der Waals surface area contributed by atoms with Crippen molar-refractivity contribution in [3.63, 3.8) is 0 Å². The van der Waals surface area contributed by atoms with E-state index in [0.29, 0.717) is 6.04 Å². The molecule has 1 rings (SSSR count). The number of aliphatic carboxylic acids is 1. The summed E-state index contributed by atoms with van der Waals surface area (Å²) in [7, 11) is 0. The van der Waals surface area contributed by atoms with E-state index in [2.05, 4.69) is 37.9 Å². The van der Waals surface area contributed by atoms with E-state index in [1.165, 1.54) is 0 Å². The molecule has 1 aliphatic carbocycles. The lowest BCUT2D eigenvalue weighted by molar-refractivity contribution is -0.146. The molecule has 0 aromatic carbocycles. The van der Waals surface area contributed by atoms with Gasteiger partial charge < -0.3 is 15.3 Å². The molecule has 1 saturated carbocycles. The Balaban J connectivity index is 2.68. The van der Waals surface area contributed by atoms with Crippen LogP contribution in [0, 0.1) is 5.92 Å². The zero-order chi connectivity index (χ0) is 15.9. The summed E-state index contributed by atoms with van der Waals surface area (Å²) in [4.78, 5) is 14.3. The molecular weight excluding hydrogens is 264 g/mol. The Kier molecular flexibility index (Phi) is 7.67. The van der Waals surface area contributed by atoms with Crippen LogP contribution in [0.2, 0.25) is 0 Å². The third-order valence-corrected chi connectivity index (χ3v) is 5.28. The van der Waals surface area contributed by atoms with Gasteiger partial charge in [0.05, 0.1) is 0 Å². The Hall–Kier alpha value is -0.610. The fourth-order valence-corrected chi connectivity index (χ4v) is 3.68. The fourth-order valence-electron chi connectivity index (χ4n) is 3.68. The minimum Gasteiger partial charge on any atom is -0.480 e. The molecular formula is C17H34N2O2. The lowest BCUT2D eigenvalue weighted by atomic mass is 9.84. The van der Waals surface area contributed by atoms with Crippen molar-refractivity contribution in [1.82, 2.24) is 10.2 Å². The first-order valence-corrected chi connectivity index (χ1v) is 8.74. The SMILES string of the molecule is CCCNC1(C(=O)O)CCCC1CCN(CC)C(C)CC. The number of nitrogens with zero attached hydrogens (tertiary/aromatic N) is 1.